The van der Waals surface area contributed by atoms with Crippen LogP contribution in [-0.4, -0.2) is 26.0 Å². The normalized spacial score (nSPS) is 12.5. The highest BCUT2D eigenvalue weighted by atomic mass is 32.2. The summed E-state index contributed by atoms with van der Waals surface area (Å²) >= 11 is 0. The smallest absolute Gasteiger partial charge is 0.154 e. The van der Waals surface area contributed by atoms with Gasteiger partial charge >= 0.3 is 0 Å². The maximum Gasteiger partial charge on any atom is 0.154 e. The van der Waals surface area contributed by atoms with Crippen molar-refractivity contribution >= 4 is 21.2 Å². The van der Waals surface area contributed by atoms with Crippen LogP contribution in [0.5, 0.6) is 0 Å². The molecule has 1 aromatic rings. The van der Waals surface area contributed by atoms with Gasteiger partial charge in [0.15, 0.2) is 9.84 Å². The number of hydrogen-bond donors (Lipinski definition) is 2. The van der Waals surface area contributed by atoms with Gasteiger partial charge in [-0.2, -0.15) is 0 Å². The van der Waals surface area contributed by atoms with Crippen molar-refractivity contribution in [1.29, 1.82) is 0 Å². The molecule has 0 atom stereocenters. The molecule has 0 radical (unpaired) electrons. The summed E-state index contributed by atoms with van der Waals surface area (Å²) in [6, 6.07) is 5.60. The van der Waals surface area contributed by atoms with Crippen LogP contribution in [0.1, 0.15) is 19.4 Å². The van der Waals surface area contributed by atoms with E-state index < -0.39 is 14.6 Å². The van der Waals surface area contributed by atoms with Gasteiger partial charge in [-0.1, -0.05) is 12.1 Å². The zero-order chi connectivity index (χ0) is 13.3. The molecular formula is C12H20N2O2S. The van der Waals surface area contributed by atoms with Gasteiger partial charge in [-0.3, -0.25) is 0 Å². The van der Waals surface area contributed by atoms with Crippen molar-refractivity contribution in [2.24, 2.45) is 0 Å². The van der Waals surface area contributed by atoms with Crippen molar-refractivity contribution in [2.75, 3.05) is 23.9 Å². The number of sulfone groups is 1. The zero-order valence-electron chi connectivity index (χ0n) is 10.7. The summed E-state index contributed by atoms with van der Waals surface area (Å²) in [4.78, 5) is 0. The van der Waals surface area contributed by atoms with Crippen molar-refractivity contribution in [3.8, 4) is 0 Å². The molecule has 5 heteroatoms. The number of para-hydroxylation sites is 1. The zero-order valence-corrected chi connectivity index (χ0v) is 11.6. The van der Waals surface area contributed by atoms with Gasteiger partial charge in [0.25, 0.3) is 0 Å². The minimum Gasteiger partial charge on any atom is -0.397 e. The lowest BCUT2D eigenvalue weighted by Gasteiger charge is -2.24. The van der Waals surface area contributed by atoms with E-state index in [4.69, 9.17) is 5.73 Å². The largest absolute Gasteiger partial charge is 0.397 e. The SMILES string of the molecule is Cc1cccc(N)c1NCC(C)(C)S(C)(=O)=O. The average molecular weight is 256 g/mol. The van der Waals surface area contributed by atoms with Crippen molar-refractivity contribution in [1.82, 2.24) is 0 Å². The Bertz CT molecular complexity index is 487. The minimum atomic E-state index is -3.10. The first kappa shape index (κ1) is 13.8. The Morgan fingerprint density at radius 3 is 2.41 bits per heavy atom. The Morgan fingerprint density at radius 1 is 1.35 bits per heavy atom. The molecule has 0 aliphatic carbocycles. The molecule has 0 aliphatic heterocycles. The van der Waals surface area contributed by atoms with Gasteiger partial charge in [0.1, 0.15) is 0 Å². The minimum absolute atomic E-state index is 0.334. The lowest BCUT2D eigenvalue weighted by atomic mass is 10.1. The number of benzene rings is 1. The van der Waals surface area contributed by atoms with Crippen LogP contribution in [0.15, 0.2) is 18.2 Å². The predicted octanol–water partition coefficient (Wildman–Crippen LogP) is 1.81. The lowest BCUT2D eigenvalue weighted by Crippen LogP contribution is -2.38. The molecule has 0 aromatic heterocycles. The van der Waals surface area contributed by atoms with Gasteiger partial charge in [0, 0.05) is 12.8 Å². The molecule has 3 N–H and O–H groups in total. The molecule has 0 unspecified atom stereocenters. The molecule has 0 fully saturated rings. The Hall–Kier alpha value is -1.23. The predicted molar refractivity (Wildman–Crippen MR) is 73.0 cm³/mol. The molecule has 0 spiro atoms. The van der Waals surface area contributed by atoms with E-state index in [0.29, 0.717) is 12.2 Å². The number of nitrogens with two attached hydrogens (primary N) is 1. The summed E-state index contributed by atoms with van der Waals surface area (Å²) in [7, 11) is -3.10. The number of rotatable bonds is 4. The fourth-order valence-corrected chi connectivity index (χ4v) is 1.70. The Kier molecular flexibility index (Phi) is 3.71. The first-order chi connectivity index (χ1) is 7.65. The Balaban J connectivity index is 2.89. The molecule has 0 saturated heterocycles. The van der Waals surface area contributed by atoms with E-state index in [9.17, 15) is 8.42 Å². The summed E-state index contributed by atoms with van der Waals surface area (Å²) in [5.74, 6) is 0. The summed E-state index contributed by atoms with van der Waals surface area (Å²) in [5.41, 5.74) is 8.30. The second-order valence-corrected chi connectivity index (χ2v) is 7.57. The topological polar surface area (TPSA) is 72.2 Å². The molecule has 17 heavy (non-hydrogen) atoms. The highest BCUT2D eigenvalue weighted by molar-refractivity contribution is 7.92. The molecule has 1 rings (SSSR count). The molecule has 1 aromatic carbocycles. The quantitative estimate of drug-likeness (QED) is 0.806. The molecular weight excluding hydrogens is 236 g/mol. The molecule has 0 aliphatic rings. The van der Waals surface area contributed by atoms with Crippen LogP contribution in [0.4, 0.5) is 11.4 Å². The van der Waals surface area contributed by atoms with Crippen LogP contribution < -0.4 is 11.1 Å². The molecule has 0 saturated carbocycles. The van der Waals surface area contributed by atoms with Gasteiger partial charge in [-0.15, -0.1) is 0 Å². The van der Waals surface area contributed by atoms with Crippen LogP contribution in [0.25, 0.3) is 0 Å². The standard InChI is InChI=1S/C12H20N2O2S/c1-9-6-5-7-10(13)11(9)14-8-12(2,3)17(4,15)16/h5-7,14H,8,13H2,1-4H3. The van der Waals surface area contributed by atoms with Crippen LogP contribution in [0.3, 0.4) is 0 Å². The monoisotopic (exact) mass is 256 g/mol. The van der Waals surface area contributed by atoms with E-state index in [-0.39, 0.29) is 0 Å². The van der Waals surface area contributed by atoms with E-state index >= 15 is 0 Å². The molecule has 4 nitrogen and oxygen atoms in total. The number of hydrogen-bond acceptors (Lipinski definition) is 4. The lowest BCUT2D eigenvalue weighted by molar-refractivity contribution is 0.560. The third-order valence-corrected chi connectivity index (χ3v) is 5.15. The third-order valence-electron chi connectivity index (χ3n) is 3.00. The number of anilines is 2. The molecule has 0 amide bonds. The second kappa shape index (κ2) is 4.56. The van der Waals surface area contributed by atoms with Crippen molar-refractivity contribution in [2.45, 2.75) is 25.5 Å². The second-order valence-electron chi connectivity index (χ2n) is 4.92. The highest BCUT2D eigenvalue weighted by Crippen LogP contribution is 2.24. The number of nitrogen functional groups attached to an aromatic ring is 1. The van der Waals surface area contributed by atoms with Crippen molar-refractivity contribution in [3.63, 3.8) is 0 Å². The molecule has 0 bridgehead atoms. The van der Waals surface area contributed by atoms with Crippen LogP contribution in [-0.2, 0) is 9.84 Å². The average Bonchev–Trinajstić information content (AvgIpc) is 2.15. The van der Waals surface area contributed by atoms with E-state index in [0.717, 1.165) is 11.3 Å². The molecule has 0 heterocycles. The van der Waals surface area contributed by atoms with Gasteiger partial charge in [-0.25, -0.2) is 8.42 Å². The van der Waals surface area contributed by atoms with Gasteiger partial charge < -0.3 is 11.1 Å². The highest BCUT2D eigenvalue weighted by Gasteiger charge is 2.30. The fraction of sp³-hybridized carbons (Fsp3) is 0.500. The van der Waals surface area contributed by atoms with E-state index in [1.807, 2.05) is 19.1 Å². The maximum absolute atomic E-state index is 11.6. The summed E-state index contributed by atoms with van der Waals surface area (Å²) < 4.78 is 22.3. The Morgan fingerprint density at radius 2 is 1.94 bits per heavy atom. The van der Waals surface area contributed by atoms with Gasteiger partial charge in [0.05, 0.1) is 16.1 Å². The first-order valence-electron chi connectivity index (χ1n) is 5.44. The first-order valence-corrected chi connectivity index (χ1v) is 7.33. The van der Waals surface area contributed by atoms with E-state index in [1.165, 1.54) is 6.26 Å². The Labute approximate surface area is 103 Å². The third kappa shape index (κ3) is 3.12. The number of nitrogens with one attached hydrogen (secondary N) is 1. The maximum atomic E-state index is 11.6. The summed E-state index contributed by atoms with van der Waals surface area (Å²) in [5, 5.41) is 3.12. The molecule has 96 valence electrons. The fourth-order valence-electron chi connectivity index (χ4n) is 1.36. The number of aryl methyl sites for hydroxylation is 1. The summed E-state index contributed by atoms with van der Waals surface area (Å²) in [6.45, 7) is 5.67. The van der Waals surface area contributed by atoms with E-state index in [2.05, 4.69) is 5.32 Å². The van der Waals surface area contributed by atoms with Gasteiger partial charge in [-0.05, 0) is 32.4 Å². The van der Waals surface area contributed by atoms with Crippen molar-refractivity contribution in [3.05, 3.63) is 23.8 Å². The van der Waals surface area contributed by atoms with Crippen LogP contribution in [0, 0.1) is 6.92 Å². The van der Waals surface area contributed by atoms with Crippen molar-refractivity contribution < 1.29 is 8.42 Å². The summed E-state index contributed by atoms with van der Waals surface area (Å²) in [6.07, 6.45) is 1.25. The van der Waals surface area contributed by atoms with Crippen LogP contribution in [0.2, 0.25) is 0 Å². The van der Waals surface area contributed by atoms with Gasteiger partial charge in [0.2, 0.25) is 0 Å². The van der Waals surface area contributed by atoms with E-state index in [1.54, 1.807) is 19.9 Å². The van der Waals surface area contributed by atoms with Crippen LogP contribution >= 0.6 is 0 Å².